The van der Waals surface area contributed by atoms with Gasteiger partial charge in [-0.1, -0.05) is 100 Å². The van der Waals surface area contributed by atoms with Crippen molar-refractivity contribution in [2.24, 2.45) is 20.5 Å². The molecule has 1 aliphatic rings. The monoisotopic (exact) mass is 1190 g/mol. The lowest BCUT2D eigenvalue weighted by atomic mass is 9.80. The molecule has 14 N–H and O–H groups in total. The Kier molecular flexibility index (Phi) is 19.9. The van der Waals surface area contributed by atoms with Crippen molar-refractivity contribution >= 4 is 44.6 Å². The standard InChI is InChI=1S/C32H32O12.2C15H11N3O.2C2H3N/c1-9-13-5-15(23(35)29(41)21(13)33)10(2)17-7-19(27(39)31(43)25(17)37)12(4)20-8-18(26(38)32(44)28(20)40)11(3)16-6-14(9)22(34)30(42)24(16)36;2*19-13-9-8-11-5-1-2-6-12(11)15(13)18-17-14-7-3-4-10-16-14;2*1-2-3/h5-12,33-44H,1-4H3;2*1-10,19H;2*1H3. The molecule has 2 aromatic heterocycles. The fourth-order valence-corrected chi connectivity index (χ4v) is 9.80. The minimum Gasteiger partial charge on any atom is -0.506 e. The number of pyridine rings is 2. The van der Waals surface area contributed by atoms with Crippen LogP contribution in [0.2, 0.25) is 0 Å². The molecule has 448 valence electrons. The highest BCUT2D eigenvalue weighted by Crippen LogP contribution is 2.57. The number of nitriles is 2. The second-order valence-electron chi connectivity index (χ2n) is 19.8. The van der Waals surface area contributed by atoms with Gasteiger partial charge in [0.05, 0.1) is 12.1 Å². The average molecular weight is 1190 g/mol. The van der Waals surface area contributed by atoms with Crippen molar-refractivity contribution in [2.45, 2.75) is 65.2 Å². The third-order valence-electron chi connectivity index (χ3n) is 14.5. The van der Waals surface area contributed by atoms with Gasteiger partial charge in [0.15, 0.2) is 57.6 Å². The maximum Gasteiger partial charge on any atom is 0.200 e. The van der Waals surface area contributed by atoms with Crippen molar-refractivity contribution < 1.29 is 71.5 Å². The molecule has 22 heteroatoms. The van der Waals surface area contributed by atoms with Gasteiger partial charge in [-0.3, -0.25) is 0 Å². The Bertz CT molecular complexity index is 3840. The van der Waals surface area contributed by atoms with Crippen LogP contribution in [0.5, 0.6) is 80.5 Å². The summed E-state index contributed by atoms with van der Waals surface area (Å²) in [6.45, 7) is 8.84. The highest BCUT2D eigenvalue weighted by atomic mass is 16.3. The van der Waals surface area contributed by atoms with Gasteiger partial charge >= 0.3 is 0 Å². The molecular formula is C66H60N8O14. The fourth-order valence-electron chi connectivity index (χ4n) is 9.80. The summed E-state index contributed by atoms with van der Waals surface area (Å²) in [4.78, 5) is 8.12. The van der Waals surface area contributed by atoms with E-state index in [1.54, 1.807) is 48.8 Å². The number of phenols is 14. The Morgan fingerprint density at radius 1 is 0.318 bits per heavy atom. The molecule has 8 bridgehead atoms. The van der Waals surface area contributed by atoms with Crippen LogP contribution in [0.4, 0.5) is 23.0 Å². The molecule has 0 spiro atoms. The van der Waals surface area contributed by atoms with Crippen LogP contribution in [0.1, 0.15) is 110 Å². The minimum atomic E-state index is -1.03. The highest BCUT2D eigenvalue weighted by Gasteiger charge is 2.34. The van der Waals surface area contributed by atoms with Crippen molar-refractivity contribution in [1.82, 2.24) is 9.97 Å². The van der Waals surface area contributed by atoms with E-state index in [2.05, 4.69) is 30.4 Å². The van der Waals surface area contributed by atoms with Gasteiger partial charge in [0.2, 0.25) is 23.0 Å². The minimum absolute atomic E-state index is 0.0447. The van der Waals surface area contributed by atoms with Crippen LogP contribution in [0.3, 0.4) is 0 Å². The van der Waals surface area contributed by atoms with E-state index >= 15 is 0 Å². The van der Waals surface area contributed by atoms with Crippen molar-refractivity contribution in [3.8, 4) is 92.6 Å². The van der Waals surface area contributed by atoms with E-state index in [-0.39, 0.29) is 56.0 Å². The first kappa shape index (κ1) is 63.5. The second-order valence-corrected chi connectivity index (χ2v) is 19.8. The molecule has 0 amide bonds. The first-order chi connectivity index (χ1) is 42.0. The maximum atomic E-state index is 10.9. The molecule has 0 unspecified atom stereocenters. The Labute approximate surface area is 503 Å². The molecule has 0 aliphatic heterocycles. The third-order valence-corrected chi connectivity index (χ3v) is 14.5. The Balaban J connectivity index is 0.000000205. The van der Waals surface area contributed by atoms with Crippen molar-refractivity contribution in [3.63, 3.8) is 0 Å². The molecule has 0 saturated heterocycles. The van der Waals surface area contributed by atoms with Crippen LogP contribution in [0, 0.1) is 22.7 Å². The van der Waals surface area contributed by atoms with Gasteiger partial charge < -0.3 is 71.5 Å². The maximum absolute atomic E-state index is 10.9. The Morgan fingerprint density at radius 2 is 0.557 bits per heavy atom. The van der Waals surface area contributed by atoms with Gasteiger partial charge in [0, 0.05) is 105 Å². The summed E-state index contributed by atoms with van der Waals surface area (Å²) in [5.41, 5.74) is 0.566. The molecule has 0 saturated carbocycles. The topological polar surface area (TPSA) is 406 Å². The van der Waals surface area contributed by atoms with Gasteiger partial charge in [0.25, 0.3) is 0 Å². The average Bonchev–Trinajstić information content (AvgIpc) is 0.939. The number of azo groups is 2. The second kappa shape index (κ2) is 27.6. The van der Waals surface area contributed by atoms with Crippen molar-refractivity contribution in [3.05, 3.63) is 190 Å². The van der Waals surface area contributed by atoms with E-state index in [0.717, 1.165) is 21.5 Å². The number of aromatic nitrogens is 2. The molecule has 1 aliphatic carbocycles. The molecule has 22 nitrogen and oxygen atoms in total. The largest absolute Gasteiger partial charge is 0.506 e. The van der Waals surface area contributed by atoms with Crippen LogP contribution < -0.4 is 0 Å². The highest BCUT2D eigenvalue weighted by molar-refractivity contribution is 5.96. The zero-order chi connectivity index (χ0) is 64.3. The smallest absolute Gasteiger partial charge is 0.200 e. The summed E-state index contributed by atoms with van der Waals surface area (Å²) in [6, 6.07) is 41.9. The van der Waals surface area contributed by atoms with Crippen LogP contribution in [0.15, 0.2) is 166 Å². The van der Waals surface area contributed by atoms with E-state index in [1.165, 1.54) is 65.8 Å². The number of hydrogen-bond acceptors (Lipinski definition) is 22. The molecule has 8 aromatic carbocycles. The summed E-state index contributed by atoms with van der Waals surface area (Å²) in [5.74, 6) is -12.7. The van der Waals surface area contributed by atoms with Gasteiger partial charge in [-0.05, 0) is 71.4 Å². The molecule has 11 rings (SSSR count). The molecule has 88 heavy (non-hydrogen) atoms. The number of phenolic OH excluding ortho intramolecular Hbond substituents is 14. The Morgan fingerprint density at radius 3 is 0.795 bits per heavy atom. The number of benzene rings is 8. The SMILES string of the molecule is CC#N.CC#N.CC1c2cc(c(O)c(O)c2O)C(C)c2cc(c(O)c(O)c2O)C(C)c2cc(c(O)c(O)c2O)C(C)c2cc1c(O)c(O)c2O.Oc1ccc2ccccc2c1N=Nc1ccccn1.Oc1ccc2ccccc2c1N=Nc1ccccn1. The molecule has 0 radical (unpaired) electrons. The third kappa shape index (κ3) is 13.0. The van der Waals surface area contributed by atoms with Crippen molar-refractivity contribution in [2.75, 3.05) is 0 Å². The quantitative estimate of drug-likeness (QED) is 0.0575. The Hall–Kier alpha value is -12.0. The summed E-state index contributed by atoms with van der Waals surface area (Å²) in [6.07, 6.45) is 3.30. The number of nitrogens with zero attached hydrogens (tertiary/aromatic N) is 8. The number of aromatic hydroxyl groups is 14. The predicted octanol–water partition coefficient (Wildman–Crippen LogP) is 14.8. The number of fused-ring (bicyclic) bond motifs is 10. The first-order valence-electron chi connectivity index (χ1n) is 26.8. The zero-order valence-electron chi connectivity index (χ0n) is 48.0. The van der Waals surface area contributed by atoms with E-state index < -0.39 is 92.7 Å². The van der Waals surface area contributed by atoms with Crippen LogP contribution in [0.25, 0.3) is 21.5 Å². The van der Waals surface area contributed by atoms with E-state index in [1.807, 2.05) is 84.9 Å². The molecular weight excluding hydrogens is 1130 g/mol. The van der Waals surface area contributed by atoms with Gasteiger partial charge in [-0.15, -0.1) is 20.5 Å². The number of rotatable bonds is 4. The van der Waals surface area contributed by atoms with Crippen LogP contribution >= 0.6 is 0 Å². The fraction of sp³-hybridized carbons (Fsp3) is 0.152. The lowest BCUT2D eigenvalue weighted by molar-refractivity contribution is 0.352. The van der Waals surface area contributed by atoms with Crippen molar-refractivity contribution in [1.29, 1.82) is 10.5 Å². The predicted molar refractivity (Wildman–Crippen MR) is 326 cm³/mol. The van der Waals surface area contributed by atoms with Gasteiger partial charge in [0.1, 0.15) is 22.9 Å². The molecule has 2 heterocycles. The summed E-state index contributed by atoms with van der Waals surface area (Å²) >= 11 is 0. The van der Waals surface area contributed by atoms with Gasteiger partial charge in [-0.25, -0.2) is 9.97 Å². The summed E-state index contributed by atoms with van der Waals surface area (Å²) < 4.78 is 0. The van der Waals surface area contributed by atoms with Gasteiger partial charge in [-0.2, -0.15) is 10.5 Å². The summed E-state index contributed by atoms with van der Waals surface area (Å²) in [7, 11) is 0. The van der Waals surface area contributed by atoms with Crippen LogP contribution in [-0.2, 0) is 0 Å². The van der Waals surface area contributed by atoms with Crippen LogP contribution in [-0.4, -0.2) is 81.5 Å². The number of hydrogen-bond donors (Lipinski definition) is 14. The van der Waals surface area contributed by atoms with E-state index in [0.29, 0.717) is 23.0 Å². The first-order valence-corrected chi connectivity index (χ1v) is 26.8. The van der Waals surface area contributed by atoms with E-state index in [9.17, 15) is 71.5 Å². The molecule has 10 aromatic rings. The van der Waals surface area contributed by atoms with E-state index in [4.69, 9.17) is 10.5 Å². The zero-order valence-corrected chi connectivity index (χ0v) is 48.0. The lowest BCUT2D eigenvalue weighted by Gasteiger charge is -2.26. The molecule has 0 atom stereocenters. The normalized spacial score (nSPS) is 14.8. The lowest BCUT2D eigenvalue weighted by Crippen LogP contribution is -2.08. The summed E-state index contributed by atoms with van der Waals surface area (Å²) in [5, 5.41) is 184. The molecule has 0 fully saturated rings.